The van der Waals surface area contributed by atoms with Gasteiger partial charge in [-0.1, -0.05) is 6.07 Å². The van der Waals surface area contributed by atoms with Crippen LogP contribution in [-0.4, -0.2) is 31.9 Å². The summed E-state index contributed by atoms with van der Waals surface area (Å²) in [6.45, 7) is 3.71. The standard InChI is InChI=1S/C19H20N4OS/c1-14-17-6-4-8-22(17)9-10-23(14)19(24)12-16-13-25-18(21-16)11-15-5-2-3-7-20-15/h2-8,13-14H,9-12H2,1H3/t14-/m1/s1. The number of carbonyl (C=O) groups is 1. The molecular weight excluding hydrogens is 332 g/mol. The molecule has 0 bridgehead atoms. The van der Waals surface area contributed by atoms with Gasteiger partial charge in [-0.15, -0.1) is 11.3 Å². The molecule has 0 fully saturated rings. The maximum Gasteiger partial charge on any atom is 0.229 e. The molecule has 1 aliphatic rings. The lowest BCUT2D eigenvalue weighted by molar-refractivity contribution is -0.133. The predicted molar refractivity (Wildman–Crippen MR) is 97.4 cm³/mol. The average molecular weight is 352 g/mol. The minimum absolute atomic E-state index is 0.114. The second-order valence-electron chi connectivity index (χ2n) is 6.30. The third-order valence-electron chi connectivity index (χ3n) is 4.65. The number of hydrogen-bond acceptors (Lipinski definition) is 4. The zero-order chi connectivity index (χ0) is 17.2. The van der Waals surface area contributed by atoms with Gasteiger partial charge in [-0.2, -0.15) is 0 Å². The molecule has 1 aliphatic heterocycles. The number of amides is 1. The van der Waals surface area contributed by atoms with E-state index in [2.05, 4.69) is 33.7 Å². The fourth-order valence-corrected chi connectivity index (χ4v) is 4.15. The first kappa shape index (κ1) is 16.0. The topological polar surface area (TPSA) is 51.0 Å². The molecule has 0 saturated carbocycles. The Morgan fingerprint density at radius 3 is 3.00 bits per heavy atom. The molecular formula is C19H20N4OS. The second kappa shape index (κ2) is 6.80. The molecule has 3 aromatic rings. The van der Waals surface area contributed by atoms with Crippen molar-refractivity contribution in [1.29, 1.82) is 0 Å². The van der Waals surface area contributed by atoms with Gasteiger partial charge < -0.3 is 9.47 Å². The molecule has 4 rings (SSSR count). The normalized spacial score (nSPS) is 16.7. The molecule has 0 unspecified atom stereocenters. The molecule has 6 heteroatoms. The van der Waals surface area contributed by atoms with Crippen LogP contribution in [0.1, 0.15) is 35.1 Å². The highest BCUT2D eigenvalue weighted by Crippen LogP contribution is 2.26. The fraction of sp³-hybridized carbons (Fsp3) is 0.316. The Kier molecular flexibility index (Phi) is 4.36. The number of nitrogens with zero attached hydrogens (tertiary/aromatic N) is 4. The molecule has 3 aromatic heterocycles. The molecule has 0 N–H and O–H groups in total. The number of aromatic nitrogens is 3. The summed E-state index contributed by atoms with van der Waals surface area (Å²) in [5.41, 5.74) is 3.06. The molecule has 4 heterocycles. The van der Waals surface area contributed by atoms with Gasteiger partial charge in [-0.05, 0) is 31.2 Å². The van der Waals surface area contributed by atoms with Crippen LogP contribution in [0.2, 0.25) is 0 Å². The summed E-state index contributed by atoms with van der Waals surface area (Å²) >= 11 is 1.60. The Labute approximate surface area is 151 Å². The van der Waals surface area contributed by atoms with Gasteiger partial charge >= 0.3 is 0 Å². The van der Waals surface area contributed by atoms with Crippen molar-refractivity contribution in [3.8, 4) is 0 Å². The largest absolute Gasteiger partial charge is 0.348 e. The lowest BCUT2D eigenvalue weighted by Gasteiger charge is -2.34. The van der Waals surface area contributed by atoms with Gasteiger partial charge in [0.2, 0.25) is 5.91 Å². The third kappa shape index (κ3) is 3.35. The van der Waals surface area contributed by atoms with Crippen molar-refractivity contribution in [2.24, 2.45) is 0 Å². The number of fused-ring (bicyclic) bond motifs is 1. The summed E-state index contributed by atoms with van der Waals surface area (Å²) in [6.07, 6.45) is 4.95. The highest BCUT2D eigenvalue weighted by Gasteiger charge is 2.27. The zero-order valence-electron chi connectivity index (χ0n) is 14.1. The lowest BCUT2D eigenvalue weighted by atomic mass is 10.1. The number of rotatable bonds is 4. The predicted octanol–water partition coefficient (Wildman–Crippen LogP) is 3.08. The van der Waals surface area contributed by atoms with E-state index in [1.807, 2.05) is 34.5 Å². The van der Waals surface area contributed by atoms with Crippen molar-refractivity contribution in [1.82, 2.24) is 19.4 Å². The number of carbonyl (C=O) groups excluding carboxylic acids is 1. The van der Waals surface area contributed by atoms with Gasteiger partial charge in [0.1, 0.15) is 0 Å². The Balaban J connectivity index is 1.42. The smallest absolute Gasteiger partial charge is 0.229 e. The van der Waals surface area contributed by atoms with Crippen LogP contribution in [0, 0.1) is 0 Å². The summed E-state index contributed by atoms with van der Waals surface area (Å²) < 4.78 is 2.22. The summed E-state index contributed by atoms with van der Waals surface area (Å²) in [4.78, 5) is 23.7. The van der Waals surface area contributed by atoms with Crippen LogP contribution in [0.5, 0.6) is 0 Å². The van der Waals surface area contributed by atoms with E-state index in [9.17, 15) is 4.79 Å². The van der Waals surface area contributed by atoms with Crippen LogP contribution < -0.4 is 0 Å². The third-order valence-corrected chi connectivity index (χ3v) is 5.55. The molecule has 25 heavy (non-hydrogen) atoms. The maximum absolute atomic E-state index is 12.7. The fourth-order valence-electron chi connectivity index (χ4n) is 3.35. The summed E-state index contributed by atoms with van der Waals surface area (Å²) in [7, 11) is 0. The number of pyridine rings is 1. The van der Waals surface area contributed by atoms with E-state index < -0.39 is 0 Å². The van der Waals surface area contributed by atoms with Crippen LogP contribution >= 0.6 is 11.3 Å². The first-order chi connectivity index (χ1) is 12.2. The van der Waals surface area contributed by atoms with Gasteiger partial charge in [0.15, 0.2) is 0 Å². The Morgan fingerprint density at radius 2 is 2.16 bits per heavy atom. The van der Waals surface area contributed by atoms with Gasteiger partial charge in [0, 0.05) is 48.7 Å². The second-order valence-corrected chi connectivity index (χ2v) is 7.24. The van der Waals surface area contributed by atoms with Crippen LogP contribution in [-0.2, 0) is 24.2 Å². The van der Waals surface area contributed by atoms with Crippen molar-refractivity contribution < 1.29 is 4.79 Å². The van der Waals surface area contributed by atoms with Gasteiger partial charge in [-0.25, -0.2) is 4.98 Å². The Morgan fingerprint density at radius 1 is 1.24 bits per heavy atom. The van der Waals surface area contributed by atoms with Crippen LogP contribution in [0.4, 0.5) is 0 Å². The Bertz CT molecular complexity index is 870. The highest BCUT2D eigenvalue weighted by atomic mass is 32.1. The lowest BCUT2D eigenvalue weighted by Crippen LogP contribution is -2.41. The van der Waals surface area contributed by atoms with E-state index in [4.69, 9.17) is 0 Å². The molecule has 0 radical (unpaired) electrons. The van der Waals surface area contributed by atoms with Gasteiger partial charge in [0.05, 0.1) is 23.2 Å². The summed E-state index contributed by atoms with van der Waals surface area (Å²) in [5, 5.41) is 3.00. The van der Waals surface area contributed by atoms with E-state index in [1.54, 1.807) is 17.5 Å². The van der Waals surface area contributed by atoms with Crippen LogP contribution in [0.15, 0.2) is 48.1 Å². The molecule has 128 valence electrons. The van der Waals surface area contributed by atoms with E-state index in [-0.39, 0.29) is 11.9 Å². The van der Waals surface area contributed by atoms with Crippen LogP contribution in [0.3, 0.4) is 0 Å². The van der Waals surface area contributed by atoms with Crippen molar-refractivity contribution in [2.45, 2.75) is 32.4 Å². The molecule has 0 saturated heterocycles. The van der Waals surface area contributed by atoms with E-state index >= 15 is 0 Å². The molecule has 1 atom stereocenters. The van der Waals surface area contributed by atoms with E-state index in [0.717, 1.165) is 29.5 Å². The first-order valence-corrected chi connectivity index (χ1v) is 9.36. The van der Waals surface area contributed by atoms with Gasteiger partial charge in [0.25, 0.3) is 0 Å². The molecule has 0 aliphatic carbocycles. The highest BCUT2D eigenvalue weighted by molar-refractivity contribution is 7.09. The SMILES string of the molecule is C[C@@H]1c2cccn2CCN1C(=O)Cc1csc(Cc2ccccn2)n1. The summed E-state index contributed by atoms with van der Waals surface area (Å²) in [5.74, 6) is 0.148. The zero-order valence-corrected chi connectivity index (χ0v) is 14.9. The molecule has 5 nitrogen and oxygen atoms in total. The van der Waals surface area contributed by atoms with Crippen molar-refractivity contribution in [3.63, 3.8) is 0 Å². The minimum Gasteiger partial charge on any atom is -0.348 e. The molecule has 0 aromatic carbocycles. The van der Waals surface area contributed by atoms with E-state index in [0.29, 0.717) is 12.8 Å². The van der Waals surface area contributed by atoms with Crippen LogP contribution in [0.25, 0.3) is 0 Å². The van der Waals surface area contributed by atoms with Crippen molar-refractivity contribution in [3.05, 3.63) is 70.2 Å². The minimum atomic E-state index is 0.114. The maximum atomic E-state index is 12.7. The summed E-state index contributed by atoms with van der Waals surface area (Å²) in [6, 6.07) is 10.1. The van der Waals surface area contributed by atoms with Crippen molar-refractivity contribution >= 4 is 17.2 Å². The quantitative estimate of drug-likeness (QED) is 0.725. The van der Waals surface area contributed by atoms with Crippen molar-refractivity contribution in [2.75, 3.05) is 6.54 Å². The Hall–Kier alpha value is -2.47. The van der Waals surface area contributed by atoms with E-state index in [1.165, 1.54) is 5.69 Å². The number of hydrogen-bond donors (Lipinski definition) is 0. The molecule has 1 amide bonds. The molecule has 0 spiro atoms. The van der Waals surface area contributed by atoms with Gasteiger partial charge in [-0.3, -0.25) is 9.78 Å². The monoisotopic (exact) mass is 352 g/mol. The average Bonchev–Trinajstić information content (AvgIpc) is 3.26. The first-order valence-electron chi connectivity index (χ1n) is 8.48. The number of thiazole rings is 1.